The maximum Gasteiger partial charge on any atom is 0.323 e. The van der Waals surface area contributed by atoms with Crippen LogP contribution in [0.4, 0.5) is 5.69 Å². The average Bonchev–Trinajstić information content (AvgIpc) is 3.00. The number of fused-ring (bicyclic) bond motifs is 1. The van der Waals surface area contributed by atoms with E-state index in [1.807, 2.05) is 19.9 Å². The Morgan fingerprint density at radius 1 is 1.29 bits per heavy atom. The first kappa shape index (κ1) is 13.6. The van der Waals surface area contributed by atoms with E-state index in [0.29, 0.717) is 27.3 Å². The van der Waals surface area contributed by atoms with Gasteiger partial charge in [-0.15, -0.1) is 11.3 Å². The molecule has 3 rings (SSSR count). The van der Waals surface area contributed by atoms with Crippen LogP contribution >= 0.6 is 11.3 Å². The molecule has 0 radical (unpaired) electrons. The molecule has 3 aromatic rings. The number of aromatic amines is 2. The Kier molecular flexibility index (Phi) is 3.13. The molecule has 6 nitrogen and oxygen atoms in total. The number of hydrogen-bond donors (Lipinski definition) is 3. The summed E-state index contributed by atoms with van der Waals surface area (Å²) >= 11 is 1.29. The first-order valence-corrected chi connectivity index (χ1v) is 7.29. The lowest BCUT2D eigenvalue weighted by atomic mass is 10.1. The molecule has 0 saturated carbocycles. The van der Waals surface area contributed by atoms with Gasteiger partial charge in [0.2, 0.25) is 0 Å². The summed E-state index contributed by atoms with van der Waals surface area (Å²) in [4.78, 5) is 34.0. The van der Waals surface area contributed by atoms with Crippen LogP contribution in [0.1, 0.15) is 26.5 Å². The highest BCUT2D eigenvalue weighted by molar-refractivity contribution is 7.12. The third kappa shape index (κ3) is 2.25. The van der Waals surface area contributed by atoms with E-state index < -0.39 is 0 Å². The van der Waals surface area contributed by atoms with Gasteiger partial charge in [-0.1, -0.05) is 0 Å². The van der Waals surface area contributed by atoms with E-state index in [0.717, 1.165) is 11.1 Å². The van der Waals surface area contributed by atoms with Crippen molar-refractivity contribution in [2.45, 2.75) is 20.8 Å². The van der Waals surface area contributed by atoms with Crippen molar-refractivity contribution in [1.29, 1.82) is 0 Å². The van der Waals surface area contributed by atoms with Crippen LogP contribution in [-0.4, -0.2) is 20.9 Å². The summed E-state index contributed by atoms with van der Waals surface area (Å²) < 4.78 is 0. The van der Waals surface area contributed by atoms with E-state index in [9.17, 15) is 9.59 Å². The molecule has 2 aromatic heterocycles. The zero-order valence-electron chi connectivity index (χ0n) is 11.8. The quantitative estimate of drug-likeness (QED) is 0.679. The van der Waals surface area contributed by atoms with Gasteiger partial charge in [-0.05, 0) is 38.0 Å². The summed E-state index contributed by atoms with van der Waals surface area (Å²) in [5.74, 6) is -0.216. The number of anilines is 1. The predicted molar refractivity (Wildman–Crippen MR) is 83.2 cm³/mol. The third-order valence-corrected chi connectivity index (χ3v) is 4.45. The van der Waals surface area contributed by atoms with Crippen molar-refractivity contribution in [3.05, 3.63) is 43.8 Å². The number of aryl methyl sites for hydroxylation is 2. The Morgan fingerprint density at radius 2 is 2.05 bits per heavy atom. The van der Waals surface area contributed by atoms with Gasteiger partial charge in [0.15, 0.2) is 0 Å². The molecule has 3 N–H and O–H groups in total. The van der Waals surface area contributed by atoms with E-state index in [-0.39, 0.29) is 11.6 Å². The lowest BCUT2D eigenvalue weighted by Crippen LogP contribution is -2.13. The second kappa shape index (κ2) is 4.85. The van der Waals surface area contributed by atoms with Gasteiger partial charge in [0.1, 0.15) is 4.88 Å². The fraction of sp³-hybridized carbons (Fsp3) is 0.214. The van der Waals surface area contributed by atoms with Gasteiger partial charge < -0.3 is 15.3 Å². The van der Waals surface area contributed by atoms with Crippen LogP contribution in [0.15, 0.2) is 16.4 Å². The molecular formula is C14H14N4O2S. The molecule has 1 aromatic carbocycles. The minimum Gasteiger partial charge on any atom is -0.319 e. The molecule has 7 heteroatoms. The molecule has 0 fully saturated rings. The molecule has 0 aliphatic rings. The van der Waals surface area contributed by atoms with Crippen LogP contribution < -0.4 is 11.0 Å². The molecule has 0 bridgehead atoms. The zero-order chi connectivity index (χ0) is 15.1. The molecule has 1 amide bonds. The number of carbonyl (C=O) groups excluding carboxylic acids is 1. The van der Waals surface area contributed by atoms with Crippen LogP contribution in [0.3, 0.4) is 0 Å². The molecular weight excluding hydrogens is 288 g/mol. The van der Waals surface area contributed by atoms with Gasteiger partial charge in [0, 0.05) is 0 Å². The first-order chi connectivity index (χ1) is 9.97. The van der Waals surface area contributed by atoms with Gasteiger partial charge >= 0.3 is 5.69 Å². The Morgan fingerprint density at radius 3 is 2.71 bits per heavy atom. The van der Waals surface area contributed by atoms with Gasteiger partial charge in [0.05, 0.1) is 27.9 Å². The van der Waals surface area contributed by atoms with Crippen LogP contribution in [0, 0.1) is 20.8 Å². The SMILES string of the molecule is Cc1cc2[nH]c(=O)[nH]c2c(NC(=O)c2scnc2C)c1C. The molecule has 0 atom stereocenters. The van der Waals surface area contributed by atoms with Crippen LogP contribution in [0.25, 0.3) is 11.0 Å². The average molecular weight is 302 g/mol. The van der Waals surface area contributed by atoms with Crippen molar-refractivity contribution in [2.24, 2.45) is 0 Å². The highest BCUT2D eigenvalue weighted by Gasteiger charge is 2.17. The summed E-state index contributed by atoms with van der Waals surface area (Å²) in [5.41, 5.74) is 5.88. The van der Waals surface area contributed by atoms with Crippen LogP contribution in [0.5, 0.6) is 0 Å². The number of aromatic nitrogens is 3. The fourth-order valence-corrected chi connectivity index (χ4v) is 2.96. The smallest absolute Gasteiger partial charge is 0.319 e. The fourth-order valence-electron chi connectivity index (χ4n) is 2.26. The molecule has 0 aliphatic heterocycles. The number of benzene rings is 1. The lowest BCUT2D eigenvalue weighted by molar-refractivity contribution is 0.103. The summed E-state index contributed by atoms with van der Waals surface area (Å²) in [5, 5.41) is 2.89. The number of carbonyl (C=O) groups is 1. The van der Waals surface area contributed by atoms with Gasteiger partial charge in [0.25, 0.3) is 5.91 Å². The molecule has 2 heterocycles. The van der Waals surface area contributed by atoms with Crippen molar-refractivity contribution < 1.29 is 4.79 Å². The second-order valence-corrected chi connectivity index (χ2v) is 5.77. The normalized spacial score (nSPS) is 11.0. The number of H-pyrrole nitrogens is 2. The van der Waals surface area contributed by atoms with E-state index in [4.69, 9.17) is 0 Å². The zero-order valence-corrected chi connectivity index (χ0v) is 12.6. The van der Waals surface area contributed by atoms with Crippen molar-refractivity contribution in [3.63, 3.8) is 0 Å². The van der Waals surface area contributed by atoms with Crippen molar-refractivity contribution >= 4 is 34.0 Å². The lowest BCUT2D eigenvalue weighted by Gasteiger charge is -2.11. The largest absolute Gasteiger partial charge is 0.323 e. The Balaban J connectivity index is 2.12. The highest BCUT2D eigenvalue weighted by atomic mass is 32.1. The van der Waals surface area contributed by atoms with Gasteiger partial charge in [-0.2, -0.15) is 0 Å². The summed E-state index contributed by atoms with van der Waals surface area (Å²) in [7, 11) is 0. The summed E-state index contributed by atoms with van der Waals surface area (Å²) in [6.07, 6.45) is 0. The molecule has 0 unspecified atom stereocenters. The predicted octanol–water partition coefficient (Wildman–Crippen LogP) is 2.49. The summed E-state index contributed by atoms with van der Waals surface area (Å²) in [6, 6.07) is 1.89. The molecule has 0 aliphatic carbocycles. The maximum absolute atomic E-state index is 12.4. The maximum atomic E-state index is 12.4. The van der Waals surface area contributed by atoms with Gasteiger partial charge in [-0.25, -0.2) is 9.78 Å². The van der Waals surface area contributed by atoms with E-state index >= 15 is 0 Å². The number of hydrogen-bond acceptors (Lipinski definition) is 4. The number of nitrogens with one attached hydrogen (secondary N) is 3. The van der Waals surface area contributed by atoms with E-state index in [2.05, 4.69) is 20.3 Å². The Bertz CT molecular complexity index is 903. The number of imidazole rings is 1. The second-order valence-electron chi connectivity index (χ2n) is 4.92. The van der Waals surface area contributed by atoms with Crippen molar-refractivity contribution in [3.8, 4) is 0 Å². The molecule has 0 spiro atoms. The van der Waals surface area contributed by atoms with Crippen LogP contribution in [0.2, 0.25) is 0 Å². The van der Waals surface area contributed by atoms with Gasteiger partial charge in [-0.3, -0.25) is 4.79 Å². The Labute approximate surface area is 124 Å². The highest BCUT2D eigenvalue weighted by Crippen LogP contribution is 2.28. The number of nitrogens with zero attached hydrogens (tertiary/aromatic N) is 1. The Hall–Kier alpha value is -2.41. The van der Waals surface area contributed by atoms with Crippen molar-refractivity contribution in [2.75, 3.05) is 5.32 Å². The monoisotopic (exact) mass is 302 g/mol. The number of thiazole rings is 1. The summed E-state index contributed by atoms with van der Waals surface area (Å²) in [6.45, 7) is 5.64. The number of rotatable bonds is 2. The first-order valence-electron chi connectivity index (χ1n) is 6.41. The van der Waals surface area contributed by atoms with E-state index in [1.165, 1.54) is 11.3 Å². The standard InChI is InChI=1S/C14H14N4O2S/c1-6-4-9-11(18-14(20)16-9)10(7(6)2)17-13(19)12-8(3)15-5-21-12/h4-5H,1-3H3,(H,17,19)(H2,16,18,20). The van der Waals surface area contributed by atoms with E-state index in [1.54, 1.807) is 12.4 Å². The molecule has 21 heavy (non-hydrogen) atoms. The third-order valence-electron chi connectivity index (χ3n) is 3.52. The number of amides is 1. The topological polar surface area (TPSA) is 90.6 Å². The van der Waals surface area contributed by atoms with Crippen molar-refractivity contribution in [1.82, 2.24) is 15.0 Å². The minimum absolute atomic E-state index is 0.216. The molecule has 108 valence electrons. The van der Waals surface area contributed by atoms with Crippen LogP contribution in [-0.2, 0) is 0 Å². The molecule has 0 saturated heterocycles. The minimum atomic E-state index is -0.292.